The first-order valence-corrected chi connectivity index (χ1v) is 11.9. The molecular formula is C24H34ClN5O2. The number of hydrogen-bond acceptors (Lipinski definition) is 7. The lowest BCUT2D eigenvalue weighted by Crippen LogP contribution is -2.51. The van der Waals surface area contributed by atoms with E-state index in [2.05, 4.69) is 38.7 Å². The molecule has 3 heterocycles. The maximum absolute atomic E-state index is 10.6. The number of anilines is 1. The fourth-order valence-corrected chi connectivity index (χ4v) is 4.70. The Morgan fingerprint density at radius 2 is 1.56 bits per heavy atom. The Morgan fingerprint density at radius 1 is 0.938 bits per heavy atom. The summed E-state index contributed by atoms with van der Waals surface area (Å²) < 4.78 is 5.40. The minimum atomic E-state index is -0.330. The molecule has 1 N–H and O–H groups in total. The third kappa shape index (κ3) is 6.17. The largest absolute Gasteiger partial charge is 0.390 e. The zero-order valence-corrected chi connectivity index (χ0v) is 19.9. The van der Waals surface area contributed by atoms with Gasteiger partial charge >= 0.3 is 0 Å². The molecule has 4 rings (SSSR count). The quantitative estimate of drug-likeness (QED) is 0.680. The molecule has 0 amide bonds. The van der Waals surface area contributed by atoms with Gasteiger partial charge in [-0.25, -0.2) is 9.97 Å². The summed E-state index contributed by atoms with van der Waals surface area (Å²) in [6, 6.07) is 8.00. The van der Waals surface area contributed by atoms with Crippen molar-refractivity contribution < 1.29 is 9.84 Å². The lowest BCUT2D eigenvalue weighted by Gasteiger charge is -2.38. The molecular weight excluding hydrogens is 426 g/mol. The number of halogens is 1. The van der Waals surface area contributed by atoms with Gasteiger partial charge in [-0.05, 0) is 31.5 Å². The topological polar surface area (TPSA) is 65.0 Å². The van der Waals surface area contributed by atoms with Crippen LogP contribution in [0.1, 0.15) is 22.6 Å². The number of rotatable bonds is 7. The molecule has 1 unspecified atom stereocenters. The van der Waals surface area contributed by atoms with Crippen molar-refractivity contribution in [3.05, 3.63) is 51.9 Å². The van der Waals surface area contributed by atoms with Gasteiger partial charge in [-0.3, -0.25) is 9.80 Å². The molecule has 7 nitrogen and oxygen atoms in total. The van der Waals surface area contributed by atoms with E-state index in [4.69, 9.17) is 21.3 Å². The number of benzene rings is 1. The van der Waals surface area contributed by atoms with E-state index in [0.717, 1.165) is 87.8 Å². The molecule has 0 aliphatic carbocycles. The van der Waals surface area contributed by atoms with Crippen LogP contribution in [0.3, 0.4) is 0 Å². The predicted octanol–water partition coefficient (Wildman–Crippen LogP) is 2.15. The maximum Gasteiger partial charge on any atom is 0.136 e. The molecule has 2 fully saturated rings. The van der Waals surface area contributed by atoms with Crippen LogP contribution in [0.2, 0.25) is 5.02 Å². The summed E-state index contributed by atoms with van der Waals surface area (Å²) in [6.07, 6.45) is 0.459. The van der Waals surface area contributed by atoms with Crippen molar-refractivity contribution in [2.75, 3.05) is 70.5 Å². The predicted molar refractivity (Wildman–Crippen MR) is 128 cm³/mol. The fraction of sp³-hybridized carbons (Fsp3) is 0.583. The van der Waals surface area contributed by atoms with E-state index in [1.165, 1.54) is 11.1 Å². The summed E-state index contributed by atoms with van der Waals surface area (Å²) in [6.45, 7) is 12.4. The minimum absolute atomic E-state index is 0.330. The van der Waals surface area contributed by atoms with Gasteiger partial charge in [0.05, 0.1) is 19.3 Å². The summed E-state index contributed by atoms with van der Waals surface area (Å²) in [5, 5.41) is 11.3. The van der Waals surface area contributed by atoms with Gasteiger partial charge in [0.25, 0.3) is 0 Å². The van der Waals surface area contributed by atoms with E-state index in [9.17, 15) is 5.11 Å². The van der Waals surface area contributed by atoms with Crippen molar-refractivity contribution in [3.63, 3.8) is 0 Å². The number of β-amino-alcohol motifs (C(OH)–C–C–N with tert-alkyl or cyclic N) is 1. The molecule has 2 aromatic rings. The number of aromatic nitrogens is 2. The molecule has 1 aromatic carbocycles. The highest BCUT2D eigenvalue weighted by molar-refractivity contribution is 6.30. The Hall–Kier alpha value is -1.77. The van der Waals surface area contributed by atoms with Crippen LogP contribution in [0.15, 0.2) is 24.3 Å². The zero-order valence-electron chi connectivity index (χ0n) is 19.1. The minimum Gasteiger partial charge on any atom is -0.390 e. The number of piperazine rings is 1. The van der Waals surface area contributed by atoms with Gasteiger partial charge in [0, 0.05) is 75.1 Å². The Morgan fingerprint density at radius 3 is 2.22 bits per heavy atom. The molecule has 0 bridgehead atoms. The third-order valence-electron chi connectivity index (χ3n) is 6.31. The summed E-state index contributed by atoms with van der Waals surface area (Å²) in [5.41, 5.74) is 3.42. The van der Waals surface area contributed by atoms with E-state index in [1.54, 1.807) is 0 Å². The van der Waals surface area contributed by atoms with Crippen LogP contribution in [0.25, 0.3) is 0 Å². The Balaban J connectivity index is 1.37. The summed E-state index contributed by atoms with van der Waals surface area (Å²) in [7, 11) is 0. The highest BCUT2D eigenvalue weighted by atomic mass is 35.5. The van der Waals surface area contributed by atoms with Crippen molar-refractivity contribution in [2.24, 2.45) is 0 Å². The number of aliphatic hydroxyl groups is 1. The molecule has 0 spiro atoms. The van der Waals surface area contributed by atoms with Crippen LogP contribution >= 0.6 is 11.6 Å². The number of nitrogens with zero attached hydrogens (tertiary/aromatic N) is 5. The summed E-state index contributed by atoms with van der Waals surface area (Å²) in [5.74, 6) is 1.85. The highest BCUT2D eigenvalue weighted by Crippen LogP contribution is 2.25. The molecule has 1 atom stereocenters. The van der Waals surface area contributed by atoms with E-state index in [1.807, 2.05) is 19.1 Å². The Labute approximate surface area is 196 Å². The molecule has 2 aliphatic rings. The van der Waals surface area contributed by atoms with Crippen molar-refractivity contribution in [3.8, 4) is 0 Å². The number of aryl methyl sites for hydroxylation is 2. The molecule has 1 aromatic heterocycles. The number of ether oxygens (including phenoxy) is 1. The van der Waals surface area contributed by atoms with E-state index >= 15 is 0 Å². The summed E-state index contributed by atoms with van der Waals surface area (Å²) in [4.78, 5) is 16.5. The van der Waals surface area contributed by atoms with Crippen LogP contribution in [-0.2, 0) is 11.2 Å². The van der Waals surface area contributed by atoms with Crippen LogP contribution in [0.5, 0.6) is 0 Å². The van der Waals surface area contributed by atoms with Crippen molar-refractivity contribution in [2.45, 2.75) is 26.4 Å². The normalized spacial score (nSPS) is 19.3. The van der Waals surface area contributed by atoms with Gasteiger partial charge in [-0.15, -0.1) is 0 Å². The second-order valence-corrected chi connectivity index (χ2v) is 9.25. The number of hydrogen-bond donors (Lipinski definition) is 1. The average Bonchev–Trinajstić information content (AvgIpc) is 2.78. The Bertz CT molecular complexity index is 881. The lowest BCUT2D eigenvalue weighted by atomic mass is 10.0. The van der Waals surface area contributed by atoms with Crippen LogP contribution in [0, 0.1) is 13.8 Å². The third-order valence-corrected chi connectivity index (χ3v) is 6.56. The monoisotopic (exact) mass is 459 g/mol. The smallest absolute Gasteiger partial charge is 0.136 e. The maximum atomic E-state index is 10.6. The first-order chi connectivity index (χ1) is 15.5. The molecule has 174 valence electrons. The molecule has 2 saturated heterocycles. The van der Waals surface area contributed by atoms with Crippen LogP contribution in [0.4, 0.5) is 5.82 Å². The molecule has 0 saturated carbocycles. The second-order valence-electron chi connectivity index (χ2n) is 8.82. The van der Waals surface area contributed by atoms with Gasteiger partial charge in [-0.2, -0.15) is 0 Å². The number of aliphatic hydroxyl groups excluding tert-OH is 1. The van der Waals surface area contributed by atoms with Crippen molar-refractivity contribution in [1.29, 1.82) is 0 Å². The first-order valence-electron chi connectivity index (χ1n) is 11.5. The first kappa shape index (κ1) is 23.4. The Kier molecular flexibility index (Phi) is 7.97. The van der Waals surface area contributed by atoms with Crippen LogP contribution < -0.4 is 4.90 Å². The molecule has 8 heteroatoms. The fourth-order valence-electron chi connectivity index (χ4n) is 4.57. The van der Waals surface area contributed by atoms with E-state index in [-0.39, 0.29) is 6.10 Å². The van der Waals surface area contributed by atoms with Gasteiger partial charge in [0.1, 0.15) is 11.6 Å². The van der Waals surface area contributed by atoms with Gasteiger partial charge in [-0.1, -0.05) is 23.7 Å². The van der Waals surface area contributed by atoms with E-state index in [0.29, 0.717) is 6.54 Å². The lowest BCUT2D eigenvalue weighted by molar-refractivity contribution is 0.00655. The molecule has 32 heavy (non-hydrogen) atoms. The van der Waals surface area contributed by atoms with Gasteiger partial charge in [0.2, 0.25) is 0 Å². The van der Waals surface area contributed by atoms with E-state index < -0.39 is 0 Å². The SMILES string of the molecule is Cc1nc(C)c(Cc2ccc(Cl)cc2)c(N2CCN(CC(O)CN3CCOCC3)CC2)n1. The molecule has 2 aliphatic heterocycles. The number of morpholine rings is 1. The van der Waals surface area contributed by atoms with Gasteiger partial charge < -0.3 is 14.7 Å². The van der Waals surface area contributed by atoms with Crippen molar-refractivity contribution in [1.82, 2.24) is 19.8 Å². The average molecular weight is 460 g/mol. The second kappa shape index (κ2) is 10.9. The van der Waals surface area contributed by atoms with Crippen LogP contribution in [-0.4, -0.2) is 96.6 Å². The highest BCUT2D eigenvalue weighted by Gasteiger charge is 2.24. The summed E-state index contributed by atoms with van der Waals surface area (Å²) >= 11 is 6.06. The van der Waals surface area contributed by atoms with Crippen molar-refractivity contribution >= 4 is 17.4 Å². The zero-order chi connectivity index (χ0) is 22.5. The van der Waals surface area contributed by atoms with Gasteiger partial charge in [0.15, 0.2) is 0 Å². The standard InChI is InChI=1S/C24H34ClN5O2/c1-18-23(15-20-3-5-21(25)6-4-20)24(27-19(2)26-18)30-9-7-28(8-10-30)16-22(31)17-29-11-13-32-14-12-29/h3-6,22,31H,7-17H2,1-2H3. The molecule has 0 radical (unpaired) electrons.